The molecule has 3 rings (SSSR count). The Balaban J connectivity index is 1.90. The maximum absolute atomic E-state index is 12.5. The molecule has 1 atom stereocenters. The number of fused-ring (bicyclic) bond motifs is 1. The number of rotatable bonds is 5. The maximum atomic E-state index is 12.5. The van der Waals surface area contributed by atoms with Gasteiger partial charge < -0.3 is 19.3 Å². The number of carbonyl (C=O) groups is 2. The van der Waals surface area contributed by atoms with Crippen molar-refractivity contribution in [1.82, 2.24) is 0 Å². The summed E-state index contributed by atoms with van der Waals surface area (Å²) in [6, 6.07) is 8.01. The van der Waals surface area contributed by atoms with Gasteiger partial charge in [0.1, 0.15) is 17.4 Å². The number of phenolic OH excluding ortho intramolecular Hbond substituents is 1. The lowest BCUT2D eigenvalue weighted by Crippen LogP contribution is -2.08. The Morgan fingerprint density at radius 2 is 2.00 bits per heavy atom. The van der Waals surface area contributed by atoms with Crippen LogP contribution in [0.1, 0.15) is 38.8 Å². The number of phenols is 1. The lowest BCUT2D eigenvalue weighted by molar-refractivity contribution is 0.0365. The van der Waals surface area contributed by atoms with Gasteiger partial charge in [0.25, 0.3) is 0 Å². The van der Waals surface area contributed by atoms with Crippen molar-refractivity contribution < 1.29 is 28.9 Å². The Hall–Kier alpha value is -2.29. The van der Waals surface area contributed by atoms with E-state index in [1.807, 2.05) is 22.6 Å². The van der Waals surface area contributed by atoms with E-state index in [1.54, 1.807) is 24.3 Å². The number of esters is 1. The monoisotopic (exact) mass is 454 g/mol. The third-order valence-corrected chi connectivity index (χ3v) is 4.88. The molecule has 1 N–H and O–H groups in total. The largest absolute Gasteiger partial charge is 0.507 e. The normalized spacial score (nSPS) is 15.5. The molecule has 0 saturated carbocycles. The maximum Gasteiger partial charge on any atom is 0.343 e. The highest BCUT2D eigenvalue weighted by molar-refractivity contribution is 14.1. The molecular formula is C18H15IO6. The molecule has 130 valence electrons. The number of aromatic hydroxyl groups is 1. The van der Waals surface area contributed by atoms with E-state index in [9.17, 15) is 14.7 Å². The molecule has 1 heterocycles. The number of Topliss-reactive ketones (excluding diaryl/α,β-unsaturated/α-hetero) is 1. The van der Waals surface area contributed by atoms with Crippen LogP contribution < -0.4 is 9.47 Å². The fraction of sp³-hybridized carbons (Fsp3) is 0.222. The highest BCUT2D eigenvalue weighted by atomic mass is 127. The lowest BCUT2D eigenvalue weighted by atomic mass is 9.97. The third-order valence-electron chi connectivity index (χ3n) is 4.02. The number of cyclic esters (lactones) is 1. The van der Waals surface area contributed by atoms with Gasteiger partial charge in [0, 0.05) is 11.1 Å². The highest BCUT2D eigenvalue weighted by Crippen LogP contribution is 2.43. The molecule has 0 amide bonds. The summed E-state index contributed by atoms with van der Waals surface area (Å²) in [5, 5.41) is 9.57. The third kappa shape index (κ3) is 3.15. The average molecular weight is 454 g/mol. The molecule has 0 aromatic heterocycles. The van der Waals surface area contributed by atoms with Gasteiger partial charge in [-0.25, -0.2) is 4.79 Å². The Morgan fingerprint density at radius 3 is 2.64 bits per heavy atom. The van der Waals surface area contributed by atoms with E-state index < -0.39 is 12.1 Å². The van der Waals surface area contributed by atoms with Crippen molar-refractivity contribution in [3.63, 3.8) is 0 Å². The Morgan fingerprint density at radius 1 is 1.24 bits per heavy atom. The van der Waals surface area contributed by atoms with E-state index in [1.165, 1.54) is 20.3 Å². The molecule has 0 unspecified atom stereocenters. The van der Waals surface area contributed by atoms with Gasteiger partial charge in [0.15, 0.2) is 17.3 Å². The molecule has 0 saturated heterocycles. The van der Waals surface area contributed by atoms with Crippen molar-refractivity contribution in [2.45, 2.75) is 12.5 Å². The van der Waals surface area contributed by atoms with Gasteiger partial charge in [-0.1, -0.05) is 6.07 Å². The molecule has 0 spiro atoms. The molecule has 7 heteroatoms. The first-order valence-electron chi connectivity index (χ1n) is 7.43. The number of hydrogen-bond donors (Lipinski definition) is 1. The van der Waals surface area contributed by atoms with Gasteiger partial charge >= 0.3 is 5.97 Å². The molecule has 1 aliphatic rings. The van der Waals surface area contributed by atoms with Crippen LogP contribution in [-0.2, 0) is 4.74 Å². The molecular weight excluding hydrogens is 439 g/mol. The molecule has 2 aromatic rings. The Bertz CT molecular complexity index is 861. The van der Waals surface area contributed by atoms with Crippen LogP contribution >= 0.6 is 22.6 Å². The second kappa shape index (κ2) is 6.91. The van der Waals surface area contributed by atoms with Crippen LogP contribution in [0.5, 0.6) is 17.2 Å². The van der Waals surface area contributed by atoms with Crippen LogP contribution in [0.25, 0.3) is 0 Å². The number of methoxy groups -OCH3 is 2. The van der Waals surface area contributed by atoms with Crippen molar-refractivity contribution >= 4 is 34.3 Å². The zero-order chi connectivity index (χ0) is 18.1. The van der Waals surface area contributed by atoms with Crippen LogP contribution in [0, 0.1) is 3.57 Å². The topological polar surface area (TPSA) is 82.1 Å². The Labute approximate surface area is 157 Å². The lowest BCUT2D eigenvalue weighted by Gasteiger charge is -2.12. The summed E-state index contributed by atoms with van der Waals surface area (Å²) in [6.45, 7) is 0. The molecule has 0 fully saturated rings. The molecule has 25 heavy (non-hydrogen) atoms. The number of benzene rings is 2. The second-order valence-electron chi connectivity index (χ2n) is 5.45. The standard InChI is InChI=1S/C18H15IO6/c1-23-14-6-4-10-15(25-18(22)16(10)17(14)24-2)8-13(21)9-3-5-12(20)11(19)7-9/h3-7,15,20H,8H2,1-2H3/t15-/m0/s1. The summed E-state index contributed by atoms with van der Waals surface area (Å²) in [5.41, 5.74) is 1.34. The zero-order valence-electron chi connectivity index (χ0n) is 13.5. The van der Waals surface area contributed by atoms with Gasteiger partial charge in [-0.3, -0.25) is 4.79 Å². The van der Waals surface area contributed by atoms with E-state index in [0.29, 0.717) is 31.8 Å². The van der Waals surface area contributed by atoms with E-state index >= 15 is 0 Å². The summed E-state index contributed by atoms with van der Waals surface area (Å²) >= 11 is 1.95. The predicted molar refractivity (Wildman–Crippen MR) is 97.5 cm³/mol. The fourth-order valence-electron chi connectivity index (χ4n) is 2.79. The van der Waals surface area contributed by atoms with Crippen LogP contribution in [0.4, 0.5) is 0 Å². The first kappa shape index (κ1) is 17.5. The Kier molecular flexibility index (Phi) is 4.85. The molecule has 0 aliphatic carbocycles. The molecule has 1 aliphatic heterocycles. The fourth-order valence-corrected chi connectivity index (χ4v) is 3.31. The van der Waals surface area contributed by atoms with Gasteiger partial charge in [-0.15, -0.1) is 0 Å². The minimum atomic E-state index is -0.679. The first-order valence-corrected chi connectivity index (χ1v) is 8.51. The van der Waals surface area contributed by atoms with Crippen LogP contribution in [-0.4, -0.2) is 31.1 Å². The molecule has 6 nitrogen and oxygen atoms in total. The van der Waals surface area contributed by atoms with Gasteiger partial charge in [-0.05, 0) is 46.9 Å². The zero-order valence-corrected chi connectivity index (χ0v) is 15.7. The predicted octanol–water partition coefficient (Wildman–Crippen LogP) is 3.50. The molecule has 2 aromatic carbocycles. The number of halogens is 1. The van der Waals surface area contributed by atoms with E-state index in [0.717, 1.165) is 0 Å². The SMILES string of the molecule is COc1ccc2c(c1OC)C(=O)O[C@H]2CC(=O)c1ccc(O)c(I)c1. The van der Waals surface area contributed by atoms with Gasteiger partial charge in [0.05, 0.1) is 24.2 Å². The van der Waals surface area contributed by atoms with Crippen molar-refractivity contribution in [1.29, 1.82) is 0 Å². The number of carbonyl (C=O) groups excluding carboxylic acids is 2. The summed E-state index contributed by atoms with van der Waals surface area (Å²) in [7, 11) is 2.93. The summed E-state index contributed by atoms with van der Waals surface area (Å²) in [6.07, 6.45) is -0.670. The summed E-state index contributed by atoms with van der Waals surface area (Å²) in [5.74, 6) is 0.131. The summed E-state index contributed by atoms with van der Waals surface area (Å²) < 4.78 is 16.4. The molecule has 0 bridgehead atoms. The molecule has 0 radical (unpaired) electrons. The van der Waals surface area contributed by atoms with Crippen molar-refractivity contribution in [3.05, 3.63) is 50.6 Å². The van der Waals surface area contributed by atoms with Gasteiger partial charge in [0.2, 0.25) is 0 Å². The quantitative estimate of drug-likeness (QED) is 0.423. The van der Waals surface area contributed by atoms with E-state index in [2.05, 4.69) is 0 Å². The first-order chi connectivity index (χ1) is 12.0. The second-order valence-corrected chi connectivity index (χ2v) is 6.61. The number of hydrogen-bond acceptors (Lipinski definition) is 6. The van der Waals surface area contributed by atoms with Crippen LogP contribution in [0.15, 0.2) is 30.3 Å². The van der Waals surface area contributed by atoms with E-state index in [-0.39, 0.29) is 18.0 Å². The summed E-state index contributed by atoms with van der Waals surface area (Å²) in [4.78, 5) is 24.8. The highest BCUT2D eigenvalue weighted by Gasteiger charge is 2.37. The van der Waals surface area contributed by atoms with Gasteiger partial charge in [-0.2, -0.15) is 0 Å². The minimum Gasteiger partial charge on any atom is -0.507 e. The van der Waals surface area contributed by atoms with Crippen LogP contribution in [0.3, 0.4) is 0 Å². The number of ether oxygens (including phenoxy) is 3. The van der Waals surface area contributed by atoms with Crippen molar-refractivity contribution in [2.75, 3.05) is 14.2 Å². The smallest absolute Gasteiger partial charge is 0.343 e. The van der Waals surface area contributed by atoms with Crippen molar-refractivity contribution in [2.24, 2.45) is 0 Å². The van der Waals surface area contributed by atoms with E-state index in [4.69, 9.17) is 14.2 Å². The van der Waals surface area contributed by atoms with Crippen LogP contribution in [0.2, 0.25) is 0 Å². The number of ketones is 1. The minimum absolute atomic E-state index is 0.00901. The van der Waals surface area contributed by atoms with Crippen molar-refractivity contribution in [3.8, 4) is 17.2 Å². The average Bonchev–Trinajstić information content (AvgIpc) is 2.92.